The van der Waals surface area contributed by atoms with Crippen LogP contribution >= 0.6 is 0 Å². The average Bonchev–Trinajstić information content (AvgIpc) is 2.11. The quantitative estimate of drug-likeness (QED) is 0.479. The lowest BCUT2D eigenvalue weighted by atomic mass is 10.9. The molecule has 0 radical (unpaired) electrons. The second kappa shape index (κ2) is 1.26. The molecule has 0 spiro atoms. The lowest BCUT2D eigenvalue weighted by Gasteiger charge is -1.76. The number of aromatic nitrogens is 2. The maximum Gasteiger partial charge on any atom is 0.325 e. The van der Waals surface area contributed by atoms with E-state index in [0.717, 1.165) is 0 Å². The van der Waals surface area contributed by atoms with Gasteiger partial charge in [-0.25, -0.2) is 4.79 Å². The fourth-order valence-corrected chi connectivity index (χ4v) is 0.320. The molecule has 1 aromatic rings. The highest BCUT2D eigenvalue weighted by Gasteiger charge is 1.80. The number of nitrogens with one attached hydrogen (secondary N) is 1. The van der Waals surface area contributed by atoms with Crippen LogP contribution in [0.5, 0.6) is 0 Å². The van der Waals surface area contributed by atoms with Crippen molar-refractivity contribution in [3.63, 3.8) is 0 Å². The minimum Gasteiger partial charge on any atom is -0.313 e. The van der Waals surface area contributed by atoms with Crippen LogP contribution in [0.4, 0.5) is 0 Å². The highest BCUT2D eigenvalue weighted by Crippen LogP contribution is 1.64. The molecule has 3 nitrogen and oxygen atoms in total. The Morgan fingerprint density at radius 1 is 2.14 bits per heavy atom. The molecule has 0 aliphatic heterocycles. The summed E-state index contributed by atoms with van der Waals surface area (Å²) < 4.78 is 21.1. The fraction of sp³-hybridized carbons (Fsp3) is 0.250. The second-order valence-electron chi connectivity index (χ2n) is 1.14. The molecule has 0 amide bonds. The number of aromatic amines is 1. The molecular formula is C4H6N2O. The van der Waals surface area contributed by atoms with Gasteiger partial charge in [0.2, 0.25) is 0 Å². The number of hydrogen-bond donors (Lipinski definition) is 1. The van der Waals surface area contributed by atoms with Crippen LogP contribution in [0.25, 0.3) is 0 Å². The molecule has 1 aromatic heterocycles. The second-order valence-corrected chi connectivity index (χ2v) is 1.14. The van der Waals surface area contributed by atoms with Gasteiger partial charge in [0.05, 0.1) is 0 Å². The SMILES string of the molecule is [2H]C([2H])([2H])n1cc[nH]c1=O. The number of aryl methyl sites for hydroxylation is 1. The summed E-state index contributed by atoms with van der Waals surface area (Å²) in [6.45, 7) is -2.36. The van der Waals surface area contributed by atoms with Crippen molar-refractivity contribution in [3.8, 4) is 0 Å². The van der Waals surface area contributed by atoms with Crippen LogP contribution in [-0.2, 0) is 6.98 Å². The van der Waals surface area contributed by atoms with Crippen molar-refractivity contribution in [1.82, 2.24) is 9.55 Å². The molecule has 7 heavy (non-hydrogen) atoms. The summed E-state index contributed by atoms with van der Waals surface area (Å²) in [6, 6.07) is 0. The highest BCUT2D eigenvalue weighted by atomic mass is 16.1. The van der Waals surface area contributed by atoms with Gasteiger partial charge in [0, 0.05) is 23.5 Å². The number of hydrogen-bond acceptors (Lipinski definition) is 1. The maximum absolute atomic E-state index is 10.6. The predicted molar refractivity (Wildman–Crippen MR) is 26.0 cm³/mol. The first-order valence-corrected chi connectivity index (χ1v) is 1.78. The molecule has 1 heterocycles. The highest BCUT2D eigenvalue weighted by molar-refractivity contribution is 4.72. The van der Waals surface area contributed by atoms with Gasteiger partial charge in [-0.05, 0) is 0 Å². The van der Waals surface area contributed by atoms with Crippen LogP contribution in [0.15, 0.2) is 17.2 Å². The third-order valence-corrected chi connectivity index (χ3v) is 0.649. The van der Waals surface area contributed by atoms with E-state index in [4.69, 9.17) is 4.11 Å². The summed E-state index contributed by atoms with van der Waals surface area (Å²) in [5.41, 5.74) is -0.611. The third-order valence-electron chi connectivity index (χ3n) is 0.649. The fourth-order valence-electron chi connectivity index (χ4n) is 0.320. The Morgan fingerprint density at radius 3 is 3.29 bits per heavy atom. The zero-order valence-corrected chi connectivity index (χ0v) is 3.51. The lowest BCUT2D eigenvalue weighted by Crippen LogP contribution is -2.10. The van der Waals surface area contributed by atoms with Gasteiger partial charge in [-0.15, -0.1) is 0 Å². The minimum absolute atomic E-state index is 0.611. The Hall–Kier alpha value is -0.990. The Bertz CT molecular complexity index is 271. The van der Waals surface area contributed by atoms with E-state index in [1.807, 2.05) is 0 Å². The topological polar surface area (TPSA) is 37.8 Å². The van der Waals surface area contributed by atoms with Crippen LogP contribution in [0, 0.1) is 0 Å². The average molecular weight is 101 g/mol. The zero-order chi connectivity index (χ0) is 7.78. The molecule has 0 saturated carbocycles. The molecule has 1 N–H and O–H groups in total. The van der Waals surface area contributed by atoms with Crippen molar-refractivity contribution in [3.05, 3.63) is 22.9 Å². The van der Waals surface area contributed by atoms with Crippen LogP contribution in [0.2, 0.25) is 0 Å². The lowest BCUT2D eigenvalue weighted by molar-refractivity contribution is 0.862. The Balaban J connectivity index is 3.18. The van der Waals surface area contributed by atoms with Crippen LogP contribution < -0.4 is 5.69 Å². The van der Waals surface area contributed by atoms with E-state index in [9.17, 15) is 4.79 Å². The molecule has 0 bridgehead atoms. The summed E-state index contributed by atoms with van der Waals surface area (Å²) in [7, 11) is 0. The van der Waals surface area contributed by atoms with Crippen molar-refractivity contribution in [2.75, 3.05) is 0 Å². The molecule has 0 saturated heterocycles. The Morgan fingerprint density at radius 2 is 3.00 bits per heavy atom. The smallest absolute Gasteiger partial charge is 0.313 e. The molecule has 0 aromatic carbocycles. The van der Waals surface area contributed by atoms with Gasteiger partial charge in [0.15, 0.2) is 0 Å². The van der Waals surface area contributed by atoms with Gasteiger partial charge in [0.25, 0.3) is 0 Å². The molecule has 0 unspecified atom stereocenters. The van der Waals surface area contributed by atoms with Gasteiger partial charge < -0.3 is 9.55 Å². The standard InChI is InChI=1S/C4H6N2O/c1-6-3-2-5-4(6)7/h2-3H,1H3,(H,5,7)/i1D3. The van der Waals surface area contributed by atoms with Crippen molar-refractivity contribution >= 4 is 0 Å². The number of nitrogens with zero attached hydrogens (tertiary/aromatic N) is 1. The first-order valence-electron chi connectivity index (χ1n) is 3.28. The van der Waals surface area contributed by atoms with Crippen molar-refractivity contribution in [2.45, 2.75) is 0 Å². The number of imidazole rings is 1. The molecule has 3 heteroatoms. The largest absolute Gasteiger partial charge is 0.325 e. The van der Waals surface area contributed by atoms with E-state index in [1.165, 1.54) is 12.4 Å². The number of H-pyrrole nitrogens is 1. The van der Waals surface area contributed by atoms with Gasteiger partial charge in [-0.2, -0.15) is 0 Å². The molecular weight excluding hydrogens is 92.1 g/mol. The Kier molecular flexibility index (Phi) is 0.333. The summed E-state index contributed by atoms with van der Waals surface area (Å²) in [5, 5.41) is 0. The minimum atomic E-state index is -2.36. The van der Waals surface area contributed by atoms with Crippen LogP contribution in [0.1, 0.15) is 4.11 Å². The monoisotopic (exact) mass is 101 g/mol. The summed E-state index contributed by atoms with van der Waals surface area (Å²) >= 11 is 0. The number of rotatable bonds is 0. The molecule has 0 atom stereocenters. The van der Waals surface area contributed by atoms with E-state index >= 15 is 0 Å². The zero-order valence-electron chi connectivity index (χ0n) is 6.51. The molecule has 1 rings (SSSR count). The first-order chi connectivity index (χ1) is 4.52. The van der Waals surface area contributed by atoms with E-state index in [0.29, 0.717) is 4.57 Å². The maximum atomic E-state index is 10.6. The van der Waals surface area contributed by atoms with Gasteiger partial charge in [-0.3, -0.25) is 0 Å². The van der Waals surface area contributed by atoms with Crippen molar-refractivity contribution in [1.29, 1.82) is 0 Å². The summed E-state index contributed by atoms with van der Waals surface area (Å²) in [4.78, 5) is 12.8. The molecule has 38 valence electrons. The van der Waals surface area contributed by atoms with Gasteiger partial charge >= 0.3 is 5.69 Å². The molecule has 0 aliphatic rings. The summed E-state index contributed by atoms with van der Waals surface area (Å²) in [5.74, 6) is 0. The van der Waals surface area contributed by atoms with E-state index in [1.54, 1.807) is 0 Å². The van der Waals surface area contributed by atoms with Crippen molar-refractivity contribution < 1.29 is 4.11 Å². The summed E-state index contributed by atoms with van der Waals surface area (Å²) in [6.07, 6.45) is 2.48. The van der Waals surface area contributed by atoms with Crippen LogP contribution in [-0.4, -0.2) is 9.55 Å². The first kappa shape index (κ1) is 1.86. The van der Waals surface area contributed by atoms with Gasteiger partial charge in [-0.1, -0.05) is 0 Å². The predicted octanol–water partition coefficient (Wildman–Crippen LogP) is -0.287. The van der Waals surface area contributed by atoms with E-state index in [-0.39, 0.29) is 0 Å². The van der Waals surface area contributed by atoms with E-state index < -0.39 is 12.7 Å². The Labute approximate surface area is 44.8 Å². The third kappa shape index (κ3) is 0.559. The molecule has 0 fully saturated rings. The van der Waals surface area contributed by atoms with Gasteiger partial charge in [0.1, 0.15) is 0 Å². The van der Waals surface area contributed by atoms with Crippen molar-refractivity contribution in [2.24, 2.45) is 6.98 Å². The molecule has 0 aliphatic carbocycles. The van der Waals surface area contributed by atoms with Crippen LogP contribution in [0.3, 0.4) is 0 Å². The normalized spacial score (nSPS) is 17.4. The van der Waals surface area contributed by atoms with E-state index in [2.05, 4.69) is 4.98 Å².